The number of aryl methyl sites for hydroxylation is 1. The fourth-order valence-corrected chi connectivity index (χ4v) is 3.54. The molecule has 0 spiro atoms. The average molecular weight is 417 g/mol. The maximum atomic E-state index is 6.05. The van der Waals surface area contributed by atoms with E-state index in [1.165, 1.54) is 0 Å². The van der Waals surface area contributed by atoms with E-state index in [1.807, 2.05) is 36.4 Å². The van der Waals surface area contributed by atoms with Crippen molar-refractivity contribution in [1.29, 1.82) is 0 Å². The lowest BCUT2D eigenvalue weighted by Crippen LogP contribution is -2.04. The molecule has 20 heavy (non-hydrogen) atoms. The van der Waals surface area contributed by atoms with Crippen LogP contribution in [0.1, 0.15) is 5.82 Å². The molecule has 2 nitrogen and oxygen atoms in total. The number of halogens is 3. The van der Waals surface area contributed by atoms with Crippen molar-refractivity contribution in [1.82, 2.24) is 9.55 Å². The molecule has 0 bridgehead atoms. The van der Waals surface area contributed by atoms with Gasteiger partial charge in [-0.2, -0.15) is 0 Å². The van der Waals surface area contributed by atoms with Gasteiger partial charge in [-0.25, -0.2) is 4.98 Å². The van der Waals surface area contributed by atoms with Gasteiger partial charge in [-0.15, -0.1) is 11.6 Å². The van der Waals surface area contributed by atoms with Gasteiger partial charge >= 0.3 is 0 Å². The zero-order valence-corrected chi connectivity index (χ0v) is 14.2. The standard InChI is InChI=1S/C15H11Cl2IN2/c16-8-7-15-19-12-3-1-2-4-14(12)20(15)13-6-5-10(17)9-11(13)18/h1-6,9H,7-8H2. The van der Waals surface area contributed by atoms with Crippen LogP contribution in [0.5, 0.6) is 0 Å². The highest BCUT2D eigenvalue weighted by molar-refractivity contribution is 14.1. The molecule has 102 valence electrons. The molecule has 0 fully saturated rings. The molecule has 3 aromatic rings. The van der Waals surface area contributed by atoms with E-state index in [9.17, 15) is 0 Å². The summed E-state index contributed by atoms with van der Waals surface area (Å²) in [5, 5.41) is 0.737. The molecule has 0 N–H and O–H groups in total. The molecule has 0 amide bonds. The number of fused-ring (bicyclic) bond motifs is 1. The highest BCUT2D eigenvalue weighted by Gasteiger charge is 2.13. The Morgan fingerprint density at radius 2 is 1.95 bits per heavy atom. The second kappa shape index (κ2) is 5.92. The van der Waals surface area contributed by atoms with Crippen molar-refractivity contribution in [3.05, 3.63) is 56.9 Å². The van der Waals surface area contributed by atoms with Crippen LogP contribution in [0.4, 0.5) is 0 Å². The molecule has 0 aliphatic heterocycles. The van der Waals surface area contributed by atoms with Gasteiger partial charge in [-0.3, -0.25) is 4.57 Å². The van der Waals surface area contributed by atoms with Crippen LogP contribution in [0.2, 0.25) is 5.02 Å². The Kier molecular flexibility index (Phi) is 4.19. The summed E-state index contributed by atoms with van der Waals surface area (Å²) >= 11 is 14.3. The van der Waals surface area contributed by atoms with Crippen LogP contribution in [0, 0.1) is 3.57 Å². The minimum Gasteiger partial charge on any atom is -0.295 e. The minimum absolute atomic E-state index is 0.549. The molecule has 2 aromatic carbocycles. The highest BCUT2D eigenvalue weighted by Crippen LogP contribution is 2.27. The van der Waals surface area contributed by atoms with Gasteiger partial charge in [0.2, 0.25) is 0 Å². The van der Waals surface area contributed by atoms with E-state index < -0.39 is 0 Å². The molecule has 5 heteroatoms. The van der Waals surface area contributed by atoms with Gasteiger partial charge in [0.05, 0.1) is 16.7 Å². The molecule has 3 rings (SSSR count). The zero-order chi connectivity index (χ0) is 14.1. The molecule has 0 aliphatic rings. The molecule has 1 aromatic heterocycles. The van der Waals surface area contributed by atoms with Gasteiger partial charge in [0.1, 0.15) is 5.82 Å². The highest BCUT2D eigenvalue weighted by atomic mass is 127. The molecule has 0 aliphatic carbocycles. The van der Waals surface area contributed by atoms with E-state index in [2.05, 4.69) is 38.2 Å². The first-order chi connectivity index (χ1) is 9.70. The van der Waals surface area contributed by atoms with Crippen molar-refractivity contribution in [2.24, 2.45) is 0 Å². The number of hydrogen-bond donors (Lipinski definition) is 0. The van der Waals surface area contributed by atoms with Crippen molar-refractivity contribution in [2.75, 3.05) is 5.88 Å². The lowest BCUT2D eigenvalue weighted by atomic mass is 10.2. The van der Waals surface area contributed by atoms with Gasteiger partial charge in [0.25, 0.3) is 0 Å². The zero-order valence-electron chi connectivity index (χ0n) is 10.5. The molecule has 0 unspecified atom stereocenters. The predicted molar refractivity (Wildman–Crippen MR) is 93.2 cm³/mol. The summed E-state index contributed by atoms with van der Waals surface area (Å²) in [7, 11) is 0. The largest absolute Gasteiger partial charge is 0.295 e. The van der Waals surface area contributed by atoms with Gasteiger partial charge < -0.3 is 0 Å². The Hall–Kier alpha value is -0.780. The van der Waals surface area contributed by atoms with Crippen LogP contribution in [-0.2, 0) is 6.42 Å². The van der Waals surface area contributed by atoms with Crippen LogP contribution in [-0.4, -0.2) is 15.4 Å². The number of alkyl halides is 1. The first kappa shape index (κ1) is 14.2. The number of hydrogen-bond acceptors (Lipinski definition) is 1. The molecule has 0 saturated heterocycles. The van der Waals surface area contributed by atoms with Gasteiger partial charge in [-0.1, -0.05) is 23.7 Å². The van der Waals surface area contributed by atoms with Gasteiger partial charge in [0, 0.05) is 20.9 Å². The maximum absolute atomic E-state index is 6.05. The van der Waals surface area contributed by atoms with Crippen molar-refractivity contribution in [2.45, 2.75) is 6.42 Å². The Morgan fingerprint density at radius 1 is 1.15 bits per heavy atom. The topological polar surface area (TPSA) is 17.8 Å². The molecular weight excluding hydrogens is 406 g/mol. The SMILES string of the molecule is ClCCc1nc2ccccc2n1-c1ccc(Cl)cc1I. The molecule has 0 radical (unpaired) electrons. The normalized spacial score (nSPS) is 11.2. The number of rotatable bonds is 3. The van der Waals surface area contributed by atoms with Crippen LogP contribution >= 0.6 is 45.8 Å². The fourth-order valence-electron chi connectivity index (χ4n) is 2.26. The van der Waals surface area contributed by atoms with Gasteiger partial charge in [0.15, 0.2) is 0 Å². The van der Waals surface area contributed by atoms with E-state index in [0.29, 0.717) is 5.88 Å². The number of benzene rings is 2. The second-order valence-corrected chi connectivity index (χ2v) is 6.36. The second-order valence-electron chi connectivity index (χ2n) is 4.39. The number of imidazole rings is 1. The summed E-state index contributed by atoms with van der Waals surface area (Å²) < 4.78 is 3.25. The maximum Gasteiger partial charge on any atom is 0.115 e. The van der Waals surface area contributed by atoms with Crippen LogP contribution in [0.15, 0.2) is 42.5 Å². The third-order valence-corrected chi connectivity index (χ3v) is 4.39. The Morgan fingerprint density at radius 3 is 2.70 bits per heavy atom. The Balaban J connectivity index is 2.30. The Bertz CT molecular complexity index is 768. The van der Waals surface area contributed by atoms with Crippen molar-refractivity contribution in [3.8, 4) is 5.69 Å². The summed E-state index contributed by atoms with van der Waals surface area (Å²) in [4.78, 5) is 4.68. The first-order valence-corrected chi connectivity index (χ1v) is 8.17. The molecule has 0 atom stereocenters. The van der Waals surface area contributed by atoms with E-state index in [1.54, 1.807) is 0 Å². The number of para-hydroxylation sites is 2. The van der Waals surface area contributed by atoms with Crippen LogP contribution in [0.3, 0.4) is 0 Å². The fraction of sp³-hybridized carbons (Fsp3) is 0.133. The summed E-state index contributed by atoms with van der Waals surface area (Å²) in [6.45, 7) is 0. The number of nitrogens with zero attached hydrogens (tertiary/aromatic N) is 2. The molecule has 1 heterocycles. The predicted octanol–water partition coefficient (Wildman–Crippen LogP) is 5.06. The van der Waals surface area contributed by atoms with Crippen LogP contribution in [0.25, 0.3) is 16.7 Å². The minimum atomic E-state index is 0.549. The third-order valence-electron chi connectivity index (χ3n) is 3.10. The summed E-state index contributed by atoms with van der Waals surface area (Å²) in [6, 6.07) is 14.0. The van der Waals surface area contributed by atoms with Crippen molar-refractivity contribution < 1.29 is 0 Å². The first-order valence-electron chi connectivity index (χ1n) is 6.18. The molecule has 0 saturated carbocycles. The lowest BCUT2D eigenvalue weighted by molar-refractivity contribution is 0.909. The van der Waals surface area contributed by atoms with E-state index >= 15 is 0 Å². The summed E-state index contributed by atoms with van der Waals surface area (Å²) in [6.07, 6.45) is 0.731. The monoisotopic (exact) mass is 416 g/mol. The van der Waals surface area contributed by atoms with E-state index in [4.69, 9.17) is 23.2 Å². The van der Waals surface area contributed by atoms with E-state index in [0.717, 1.165) is 37.6 Å². The lowest BCUT2D eigenvalue weighted by Gasteiger charge is -2.11. The van der Waals surface area contributed by atoms with E-state index in [-0.39, 0.29) is 0 Å². The Labute approximate surface area is 140 Å². The van der Waals surface area contributed by atoms with Crippen molar-refractivity contribution >= 4 is 56.8 Å². The number of aromatic nitrogens is 2. The smallest absolute Gasteiger partial charge is 0.115 e. The average Bonchev–Trinajstić information content (AvgIpc) is 2.78. The third kappa shape index (κ3) is 2.54. The van der Waals surface area contributed by atoms with Crippen LogP contribution < -0.4 is 0 Å². The van der Waals surface area contributed by atoms with Gasteiger partial charge in [-0.05, 0) is 52.9 Å². The quantitative estimate of drug-likeness (QED) is 0.430. The van der Waals surface area contributed by atoms with Crippen molar-refractivity contribution in [3.63, 3.8) is 0 Å². The molecular formula is C15H11Cl2IN2. The summed E-state index contributed by atoms with van der Waals surface area (Å²) in [5.74, 6) is 1.52. The summed E-state index contributed by atoms with van der Waals surface area (Å²) in [5.41, 5.74) is 3.16.